The Labute approximate surface area is 111 Å². The van der Waals surface area contributed by atoms with Crippen LogP contribution in [0.3, 0.4) is 0 Å². The monoisotopic (exact) mass is 250 g/mol. The highest BCUT2D eigenvalue weighted by atomic mass is 16.5. The van der Waals surface area contributed by atoms with Gasteiger partial charge in [0.2, 0.25) is 0 Å². The van der Waals surface area contributed by atoms with Crippen LogP contribution in [0.5, 0.6) is 0 Å². The molecule has 0 bridgehead atoms. The summed E-state index contributed by atoms with van der Waals surface area (Å²) in [5, 5.41) is 3.60. The van der Waals surface area contributed by atoms with Crippen molar-refractivity contribution in [1.82, 2.24) is 10.3 Å². The van der Waals surface area contributed by atoms with E-state index < -0.39 is 0 Å². The maximum Gasteiger partial charge on any atom is 0.0579 e. The Morgan fingerprint density at radius 3 is 2.78 bits per heavy atom. The summed E-state index contributed by atoms with van der Waals surface area (Å²) in [5.74, 6) is 0.519. The van der Waals surface area contributed by atoms with Gasteiger partial charge in [0, 0.05) is 19.4 Å². The van der Waals surface area contributed by atoms with Crippen LogP contribution >= 0.6 is 0 Å². The maximum absolute atomic E-state index is 5.18. The molecule has 0 saturated carbocycles. The van der Waals surface area contributed by atoms with Gasteiger partial charge in [-0.3, -0.25) is 4.98 Å². The molecule has 0 amide bonds. The Morgan fingerprint density at radius 1 is 1.39 bits per heavy atom. The maximum atomic E-state index is 5.18. The first-order valence-electron chi connectivity index (χ1n) is 6.85. The number of nitrogens with one attached hydrogen (secondary N) is 1. The zero-order valence-corrected chi connectivity index (χ0v) is 12.1. The minimum atomic E-state index is 0.319. The van der Waals surface area contributed by atoms with Crippen LogP contribution in [0.4, 0.5) is 0 Å². The number of methoxy groups -OCH3 is 1. The fourth-order valence-corrected chi connectivity index (χ4v) is 2.10. The molecule has 3 nitrogen and oxygen atoms in total. The Kier molecular flexibility index (Phi) is 6.91. The molecule has 0 spiro atoms. The van der Waals surface area contributed by atoms with Crippen molar-refractivity contribution in [2.45, 2.75) is 39.7 Å². The fourth-order valence-electron chi connectivity index (χ4n) is 2.10. The van der Waals surface area contributed by atoms with Crippen LogP contribution in [0.15, 0.2) is 18.2 Å². The molecule has 0 aliphatic carbocycles. The highest BCUT2D eigenvalue weighted by molar-refractivity contribution is 5.14. The molecule has 102 valence electrons. The van der Waals surface area contributed by atoms with Gasteiger partial charge in [-0.05, 0) is 44.4 Å². The van der Waals surface area contributed by atoms with Crippen LogP contribution in [0.1, 0.15) is 44.1 Å². The number of hydrogen-bond acceptors (Lipinski definition) is 3. The Hall–Kier alpha value is -0.930. The van der Waals surface area contributed by atoms with E-state index in [9.17, 15) is 0 Å². The molecule has 0 fully saturated rings. The highest BCUT2D eigenvalue weighted by Gasteiger charge is 2.19. The van der Waals surface area contributed by atoms with Gasteiger partial charge in [-0.25, -0.2) is 0 Å². The van der Waals surface area contributed by atoms with Crippen LogP contribution in [0.25, 0.3) is 0 Å². The summed E-state index contributed by atoms with van der Waals surface area (Å²) >= 11 is 0. The molecule has 0 radical (unpaired) electrons. The van der Waals surface area contributed by atoms with Gasteiger partial charge in [-0.1, -0.05) is 19.9 Å². The van der Waals surface area contributed by atoms with E-state index in [0.717, 1.165) is 37.4 Å². The zero-order valence-electron chi connectivity index (χ0n) is 12.1. The second kappa shape index (κ2) is 8.22. The van der Waals surface area contributed by atoms with E-state index in [-0.39, 0.29) is 0 Å². The molecule has 3 heteroatoms. The number of aromatic nitrogens is 1. The van der Waals surface area contributed by atoms with E-state index in [4.69, 9.17) is 4.74 Å². The van der Waals surface area contributed by atoms with Gasteiger partial charge in [0.05, 0.1) is 11.7 Å². The predicted octanol–water partition coefficient (Wildman–Crippen LogP) is 3.10. The van der Waals surface area contributed by atoms with Gasteiger partial charge in [-0.2, -0.15) is 0 Å². The molecule has 1 rings (SSSR count). The van der Waals surface area contributed by atoms with Crippen LogP contribution in [0.2, 0.25) is 0 Å². The van der Waals surface area contributed by atoms with Crippen molar-refractivity contribution in [2.24, 2.45) is 5.92 Å². The van der Waals surface area contributed by atoms with E-state index in [1.54, 1.807) is 7.11 Å². The molecule has 1 heterocycles. The van der Waals surface area contributed by atoms with E-state index >= 15 is 0 Å². The average Bonchev–Trinajstić information content (AvgIpc) is 2.37. The second-order valence-corrected chi connectivity index (χ2v) is 4.89. The molecule has 1 aromatic heterocycles. The molecule has 0 aliphatic heterocycles. The number of ether oxygens (including phenoxy) is 1. The van der Waals surface area contributed by atoms with Gasteiger partial charge in [0.15, 0.2) is 0 Å². The van der Waals surface area contributed by atoms with Gasteiger partial charge in [-0.15, -0.1) is 0 Å². The standard InChI is InChI=1S/C15H26N2O/c1-5-10-16-15(12(2)9-11-18-4)14-8-6-7-13(3)17-14/h6-8,12,15-16H,5,9-11H2,1-4H3. The third-order valence-electron chi connectivity index (χ3n) is 3.19. The Balaban J connectivity index is 2.76. The molecule has 0 aromatic carbocycles. The first-order chi connectivity index (χ1) is 8.69. The Morgan fingerprint density at radius 2 is 2.17 bits per heavy atom. The number of rotatable bonds is 8. The number of pyridine rings is 1. The van der Waals surface area contributed by atoms with Crippen molar-refractivity contribution in [3.8, 4) is 0 Å². The third-order valence-corrected chi connectivity index (χ3v) is 3.19. The van der Waals surface area contributed by atoms with Crippen LogP contribution in [-0.2, 0) is 4.74 Å². The van der Waals surface area contributed by atoms with Crippen molar-refractivity contribution in [3.63, 3.8) is 0 Å². The Bertz CT molecular complexity index is 341. The zero-order chi connectivity index (χ0) is 13.4. The summed E-state index contributed by atoms with van der Waals surface area (Å²) in [6, 6.07) is 6.56. The molecule has 1 N–H and O–H groups in total. The van der Waals surface area contributed by atoms with Crippen molar-refractivity contribution >= 4 is 0 Å². The lowest BCUT2D eigenvalue weighted by Crippen LogP contribution is -2.29. The number of nitrogens with zero attached hydrogens (tertiary/aromatic N) is 1. The van der Waals surface area contributed by atoms with Crippen molar-refractivity contribution in [2.75, 3.05) is 20.3 Å². The SMILES string of the molecule is CCCNC(c1cccc(C)n1)C(C)CCOC. The average molecular weight is 250 g/mol. The van der Waals surface area contributed by atoms with E-state index in [0.29, 0.717) is 12.0 Å². The fraction of sp³-hybridized carbons (Fsp3) is 0.667. The lowest BCUT2D eigenvalue weighted by atomic mass is 9.95. The molecule has 0 saturated heterocycles. The van der Waals surface area contributed by atoms with E-state index in [1.165, 1.54) is 0 Å². The summed E-state index contributed by atoms with van der Waals surface area (Å²) in [6.07, 6.45) is 2.19. The lowest BCUT2D eigenvalue weighted by molar-refractivity contribution is 0.169. The van der Waals surface area contributed by atoms with Crippen molar-refractivity contribution in [3.05, 3.63) is 29.6 Å². The van der Waals surface area contributed by atoms with Crippen LogP contribution < -0.4 is 5.32 Å². The summed E-state index contributed by atoms with van der Waals surface area (Å²) in [4.78, 5) is 4.65. The molecule has 2 atom stereocenters. The highest BCUT2D eigenvalue weighted by Crippen LogP contribution is 2.23. The van der Waals surface area contributed by atoms with Gasteiger partial charge in [0.1, 0.15) is 0 Å². The number of hydrogen-bond donors (Lipinski definition) is 1. The molecule has 2 unspecified atom stereocenters. The third kappa shape index (κ3) is 4.75. The van der Waals surface area contributed by atoms with Gasteiger partial charge in [0.25, 0.3) is 0 Å². The van der Waals surface area contributed by atoms with E-state index in [1.807, 2.05) is 13.0 Å². The smallest absolute Gasteiger partial charge is 0.0579 e. The quantitative estimate of drug-likeness (QED) is 0.770. The summed E-state index contributed by atoms with van der Waals surface area (Å²) in [6.45, 7) is 8.32. The number of aryl methyl sites for hydroxylation is 1. The van der Waals surface area contributed by atoms with Gasteiger partial charge < -0.3 is 10.1 Å². The first kappa shape index (κ1) is 15.1. The normalized spacial score (nSPS) is 14.4. The van der Waals surface area contributed by atoms with Gasteiger partial charge >= 0.3 is 0 Å². The minimum absolute atomic E-state index is 0.319. The topological polar surface area (TPSA) is 34.2 Å². The molecular weight excluding hydrogens is 224 g/mol. The first-order valence-corrected chi connectivity index (χ1v) is 6.85. The van der Waals surface area contributed by atoms with E-state index in [2.05, 4.69) is 36.3 Å². The molecule has 1 aromatic rings. The molecule has 0 aliphatic rings. The molecular formula is C15H26N2O. The lowest BCUT2D eigenvalue weighted by Gasteiger charge is -2.25. The van der Waals surface area contributed by atoms with Crippen molar-refractivity contribution < 1.29 is 4.74 Å². The molecule has 18 heavy (non-hydrogen) atoms. The van der Waals surface area contributed by atoms with Crippen molar-refractivity contribution in [1.29, 1.82) is 0 Å². The predicted molar refractivity (Wildman–Crippen MR) is 75.7 cm³/mol. The minimum Gasteiger partial charge on any atom is -0.385 e. The van der Waals surface area contributed by atoms with Crippen LogP contribution in [0, 0.1) is 12.8 Å². The largest absolute Gasteiger partial charge is 0.385 e. The van der Waals surface area contributed by atoms with Crippen LogP contribution in [-0.4, -0.2) is 25.2 Å². The summed E-state index contributed by atoms with van der Waals surface area (Å²) in [5.41, 5.74) is 2.22. The second-order valence-electron chi connectivity index (χ2n) is 4.89. The summed E-state index contributed by atoms with van der Waals surface area (Å²) < 4.78 is 5.18. The summed E-state index contributed by atoms with van der Waals surface area (Å²) in [7, 11) is 1.76.